The van der Waals surface area contributed by atoms with E-state index in [0.717, 1.165) is 22.9 Å². The van der Waals surface area contributed by atoms with Gasteiger partial charge in [0.15, 0.2) is 5.78 Å². The van der Waals surface area contributed by atoms with Gasteiger partial charge in [0.2, 0.25) is 5.95 Å². The highest BCUT2D eigenvalue weighted by Gasteiger charge is 2.39. The second-order valence-corrected chi connectivity index (χ2v) is 7.59. The number of nitrogens with zero attached hydrogens (tertiary/aromatic N) is 3. The number of hydrogen-bond donors (Lipinski definition) is 1. The van der Waals surface area contributed by atoms with Crippen LogP contribution in [0.4, 0.5) is 14.7 Å². The molecule has 5 rings (SSSR count). The Morgan fingerprint density at radius 1 is 1.03 bits per heavy atom. The smallest absolute Gasteiger partial charge is 0.226 e. The molecule has 2 atom stereocenters. The van der Waals surface area contributed by atoms with Gasteiger partial charge in [0.25, 0.3) is 0 Å². The van der Waals surface area contributed by atoms with E-state index >= 15 is 0 Å². The van der Waals surface area contributed by atoms with Crippen molar-refractivity contribution < 1.29 is 13.6 Å². The summed E-state index contributed by atoms with van der Waals surface area (Å²) in [5.74, 6) is -0.948. The predicted molar refractivity (Wildman–Crippen MR) is 103 cm³/mol. The van der Waals surface area contributed by atoms with E-state index < -0.39 is 17.7 Å². The quantitative estimate of drug-likeness (QED) is 0.707. The van der Waals surface area contributed by atoms with Crippen molar-refractivity contribution in [2.75, 3.05) is 5.32 Å². The Hall–Kier alpha value is -3.35. The number of nitrogens with one attached hydrogen (secondary N) is 1. The fourth-order valence-corrected chi connectivity index (χ4v) is 4.27. The first-order valence-electron chi connectivity index (χ1n) is 9.45. The third-order valence-electron chi connectivity index (χ3n) is 5.61. The molecule has 2 unspecified atom stereocenters. The number of aryl methyl sites for hydroxylation is 1. The van der Waals surface area contributed by atoms with Gasteiger partial charge >= 0.3 is 0 Å². The largest absolute Gasteiger partial charge is 0.328 e. The molecule has 0 saturated carbocycles. The van der Waals surface area contributed by atoms with Crippen LogP contribution in [0.2, 0.25) is 0 Å². The number of carbonyl (C=O) groups is 1. The molecule has 0 saturated heterocycles. The van der Waals surface area contributed by atoms with E-state index in [1.54, 1.807) is 0 Å². The number of hydrogen-bond acceptors (Lipinski definition) is 4. The maximum absolute atomic E-state index is 13.9. The van der Waals surface area contributed by atoms with Gasteiger partial charge in [-0.05, 0) is 42.5 Å². The molecular weight excluding hydrogens is 374 g/mol. The highest BCUT2D eigenvalue weighted by Crippen LogP contribution is 2.43. The molecule has 0 bridgehead atoms. The van der Waals surface area contributed by atoms with E-state index in [4.69, 9.17) is 0 Å². The molecule has 1 aromatic heterocycles. The normalized spacial score (nSPS) is 20.9. The summed E-state index contributed by atoms with van der Waals surface area (Å²) in [6.45, 7) is 2.02. The standard InChI is InChI=1S/C22H18F2N4O/c1-12-2-4-13(5-3-12)14-8-18-20(19(29)9-14)21(28-22(27-18)25-11-26-28)15-6-16(23)10-17(24)7-15/h2-7,10-11,14,21H,8-9H2,1H3,(H,25,26,27). The zero-order valence-electron chi connectivity index (χ0n) is 15.7. The number of fused-ring (bicyclic) bond motifs is 1. The minimum Gasteiger partial charge on any atom is -0.328 e. The van der Waals surface area contributed by atoms with E-state index in [-0.39, 0.29) is 11.7 Å². The molecular formula is C22H18F2N4O. The maximum Gasteiger partial charge on any atom is 0.226 e. The number of anilines is 1. The van der Waals surface area contributed by atoms with Crippen molar-refractivity contribution in [2.45, 2.75) is 31.7 Å². The number of benzene rings is 2. The van der Waals surface area contributed by atoms with Gasteiger partial charge in [0, 0.05) is 23.8 Å². The first-order chi connectivity index (χ1) is 14.0. The van der Waals surface area contributed by atoms with Gasteiger partial charge in [-0.2, -0.15) is 10.1 Å². The van der Waals surface area contributed by atoms with Crippen LogP contribution >= 0.6 is 0 Å². The summed E-state index contributed by atoms with van der Waals surface area (Å²) in [4.78, 5) is 17.4. The fraction of sp³-hybridized carbons (Fsp3) is 0.227. The molecule has 1 aliphatic carbocycles. The van der Waals surface area contributed by atoms with E-state index in [9.17, 15) is 13.6 Å². The molecule has 2 aliphatic rings. The Morgan fingerprint density at radius 2 is 1.76 bits per heavy atom. The minimum atomic E-state index is -0.708. The highest BCUT2D eigenvalue weighted by atomic mass is 19.1. The molecule has 0 amide bonds. The van der Waals surface area contributed by atoms with Crippen molar-refractivity contribution in [3.05, 3.63) is 88.4 Å². The highest BCUT2D eigenvalue weighted by molar-refractivity contribution is 6.00. The summed E-state index contributed by atoms with van der Waals surface area (Å²) in [6.07, 6.45) is 2.32. The Morgan fingerprint density at radius 3 is 2.48 bits per heavy atom. The van der Waals surface area contributed by atoms with Gasteiger partial charge in [-0.3, -0.25) is 4.79 Å². The van der Waals surface area contributed by atoms with Crippen molar-refractivity contribution in [2.24, 2.45) is 0 Å². The van der Waals surface area contributed by atoms with Crippen LogP contribution in [0.1, 0.15) is 41.5 Å². The molecule has 1 N–H and O–H groups in total. The summed E-state index contributed by atoms with van der Waals surface area (Å²) in [5, 5.41) is 7.41. The second-order valence-electron chi connectivity index (χ2n) is 7.59. The third-order valence-corrected chi connectivity index (χ3v) is 5.61. The Balaban J connectivity index is 1.61. The molecule has 146 valence electrons. The van der Waals surface area contributed by atoms with Gasteiger partial charge in [-0.15, -0.1) is 0 Å². The number of Topliss-reactive ketones (excluding diaryl/α,β-unsaturated/α-hetero) is 1. The van der Waals surface area contributed by atoms with Gasteiger partial charge in [0.1, 0.15) is 24.0 Å². The summed E-state index contributed by atoms with van der Waals surface area (Å²) < 4.78 is 29.4. The van der Waals surface area contributed by atoms with Crippen LogP contribution < -0.4 is 5.32 Å². The molecule has 0 fully saturated rings. The van der Waals surface area contributed by atoms with Crippen LogP contribution in [-0.2, 0) is 4.79 Å². The number of carbonyl (C=O) groups excluding carboxylic acids is 1. The third kappa shape index (κ3) is 3.03. The summed E-state index contributed by atoms with van der Waals surface area (Å²) in [5.41, 5.74) is 3.83. The van der Waals surface area contributed by atoms with E-state index in [2.05, 4.69) is 15.4 Å². The zero-order chi connectivity index (χ0) is 20.1. The van der Waals surface area contributed by atoms with Crippen LogP contribution in [0.5, 0.6) is 0 Å². The predicted octanol–water partition coefficient (Wildman–Crippen LogP) is 4.28. The molecule has 0 spiro atoms. The molecule has 0 radical (unpaired) electrons. The number of rotatable bonds is 2. The summed E-state index contributed by atoms with van der Waals surface area (Å²) >= 11 is 0. The maximum atomic E-state index is 13.9. The van der Waals surface area contributed by atoms with Gasteiger partial charge < -0.3 is 5.32 Å². The Bertz CT molecular complexity index is 1130. The van der Waals surface area contributed by atoms with Crippen molar-refractivity contribution in [3.8, 4) is 0 Å². The van der Waals surface area contributed by atoms with Crippen LogP contribution in [0, 0.1) is 18.6 Å². The molecule has 5 nitrogen and oxygen atoms in total. The van der Waals surface area contributed by atoms with E-state index in [1.165, 1.54) is 23.1 Å². The van der Waals surface area contributed by atoms with Crippen LogP contribution in [0.15, 0.2) is 60.1 Å². The molecule has 29 heavy (non-hydrogen) atoms. The van der Waals surface area contributed by atoms with Gasteiger partial charge in [-0.1, -0.05) is 29.8 Å². The monoisotopic (exact) mass is 392 g/mol. The minimum absolute atomic E-state index is 0.0358. The van der Waals surface area contributed by atoms with Crippen LogP contribution in [-0.4, -0.2) is 20.5 Å². The lowest BCUT2D eigenvalue weighted by atomic mass is 9.78. The van der Waals surface area contributed by atoms with Crippen molar-refractivity contribution in [1.29, 1.82) is 0 Å². The molecule has 3 aromatic rings. The molecule has 2 heterocycles. The van der Waals surface area contributed by atoms with Gasteiger partial charge in [-0.25, -0.2) is 13.5 Å². The van der Waals surface area contributed by atoms with Crippen molar-refractivity contribution in [3.63, 3.8) is 0 Å². The lowest BCUT2D eigenvalue weighted by Crippen LogP contribution is -2.33. The Labute approximate surface area is 166 Å². The van der Waals surface area contributed by atoms with Crippen LogP contribution in [0.3, 0.4) is 0 Å². The van der Waals surface area contributed by atoms with E-state index in [1.807, 2.05) is 31.2 Å². The number of halogens is 2. The van der Waals surface area contributed by atoms with E-state index in [0.29, 0.717) is 29.9 Å². The topological polar surface area (TPSA) is 59.8 Å². The first-order valence-corrected chi connectivity index (χ1v) is 9.45. The average Bonchev–Trinajstić information content (AvgIpc) is 3.14. The van der Waals surface area contributed by atoms with Crippen LogP contribution in [0.25, 0.3) is 0 Å². The Kier molecular flexibility index (Phi) is 4.04. The fourth-order valence-electron chi connectivity index (χ4n) is 4.27. The number of allylic oxidation sites excluding steroid dienone is 2. The van der Waals surface area contributed by atoms with Crippen molar-refractivity contribution in [1.82, 2.24) is 14.8 Å². The summed E-state index contributed by atoms with van der Waals surface area (Å²) in [6, 6.07) is 10.8. The lowest BCUT2D eigenvalue weighted by molar-refractivity contribution is -0.116. The number of aromatic nitrogens is 3. The molecule has 2 aromatic carbocycles. The lowest BCUT2D eigenvalue weighted by Gasteiger charge is -2.35. The molecule has 7 heteroatoms. The first kappa shape index (κ1) is 17.7. The average molecular weight is 392 g/mol. The number of ketones is 1. The molecule has 1 aliphatic heterocycles. The SMILES string of the molecule is Cc1ccc(C2CC(=O)C3=C(C2)Nc2ncnn2C3c2cc(F)cc(F)c2)cc1. The second kappa shape index (κ2) is 6.62. The van der Waals surface area contributed by atoms with Crippen molar-refractivity contribution >= 4 is 11.7 Å². The summed E-state index contributed by atoms with van der Waals surface area (Å²) in [7, 11) is 0. The zero-order valence-corrected chi connectivity index (χ0v) is 15.7. The van der Waals surface area contributed by atoms with Gasteiger partial charge in [0.05, 0.1) is 0 Å².